The molecule has 0 aromatic heterocycles. The molecule has 0 aliphatic carbocycles. The SMILES string of the molecule is COc1cccc(C(=O)CN2CCCC[C@H]2C(=O)N[C@@H](Cc2ccccc2)C(=O)N[C@H](C(=O)Cc2ccccc2)C(C)C)c1. The first-order chi connectivity index (χ1) is 21.2. The summed E-state index contributed by atoms with van der Waals surface area (Å²) in [5.74, 6) is -0.425. The summed E-state index contributed by atoms with van der Waals surface area (Å²) in [5.41, 5.74) is 2.29. The van der Waals surface area contributed by atoms with E-state index in [1.807, 2.05) is 79.4 Å². The highest BCUT2D eigenvalue weighted by atomic mass is 16.5. The largest absolute Gasteiger partial charge is 0.497 e. The Morgan fingerprint density at radius 3 is 2.20 bits per heavy atom. The highest BCUT2D eigenvalue weighted by molar-refractivity contribution is 5.98. The molecule has 1 saturated heterocycles. The molecule has 3 aromatic rings. The summed E-state index contributed by atoms with van der Waals surface area (Å²) in [6.45, 7) is 4.49. The molecule has 8 heteroatoms. The van der Waals surface area contributed by atoms with Crippen molar-refractivity contribution in [1.82, 2.24) is 15.5 Å². The zero-order valence-electron chi connectivity index (χ0n) is 25.8. The number of methoxy groups -OCH3 is 1. The van der Waals surface area contributed by atoms with Crippen molar-refractivity contribution in [3.8, 4) is 5.75 Å². The van der Waals surface area contributed by atoms with Crippen molar-refractivity contribution in [2.45, 2.75) is 64.1 Å². The maximum Gasteiger partial charge on any atom is 0.243 e. The van der Waals surface area contributed by atoms with Gasteiger partial charge in [0.2, 0.25) is 11.8 Å². The van der Waals surface area contributed by atoms with Crippen LogP contribution >= 0.6 is 0 Å². The van der Waals surface area contributed by atoms with Crippen molar-refractivity contribution in [2.75, 3.05) is 20.2 Å². The van der Waals surface area contributed by atoms with E-state index in [-0.39, 0.29) is 42.8 Å². The van der Waals surface area contributed by atoms with E-state index < -0.39 is 24.0 Å². The first kappa shape index (κ1) is 32.6. The molecule has 3 atom stereocenters. The topological polar surface area (TPSA) is 105 Å². The number of ketones is 2. The summed E-state index contributed by atoms with van der Waals surface area (Å²) >= 11 is 0. The number of amides is 2. The molecule has 2 amide bonds. The molecular formula is C36H43N3O5. The molecule has 8 nitrogen and oxygen atoms in total. The van der Waals surface area contributed by atoms with Gasteiger partial charge in [-0.3, -0.25) is 24.1 Å². The van der Waals surface area contributed by atoms with Crippen molar-refractivity contribution >= 4 is 23.4 Å². The van der Waals surface area contributed by atoms with Gasteiger partial charge in [0.15, 0.2) is 11.6 Å². The Labute approximate surface area is 260 Å². The second kappa shape index (κ2) is 16.0. The van der Waals surface area contributed by atoms with Gasteiger partial charge in [0, 0.05) is 18.4 Å². The van der Waals surface area contributed by atoms with Gasteiger partial charge >= 0.3 is 0 Å². The van der Waals surface area contributed by atoms with Gasteiger partial charge in [-0.15, -0.1) is 0 Å². The Morgan fingerprint density at radius 2 is 1.55 bits per heavy atom. The fourth-order valence-electron chi connectivity index (χ4n) is 5.66. The van der Waals surface area contributed by atoms with Gasteiger partial charge in [-0.2, -0.15) is 0 Å². The molecule has 4 rings (SSSR count). The molecule has 0 bridgehead atoms. The number of nitrogens with one attached hydrogen (secondary N) is 2. The molecule has 0 unspecified atom stereocenters. The Balaban J connectivity index is 1.49. The summed E-state index contributed by atoms with van der Waals surface area (Å²) in [6.07, 6.45) is 2.79. The second-order valence-corrected chi connectivity index (χ2v) is 11.7. The summed E-state index contributed by atoms with van der Waals surface area (Å²) < 4.78 is 5.27. The van der Waals surface area contributed by atoms with E-state index in [1.165, 1.54) is 0 Å². The lowest BCUT2D eigenvalue weighted by atomic mass is 9.94. The number of rotatable bonds is 14. The maximum atomic E-state index is 13.8. The summed E-state index contributed by atoms with van der Waals surface area (Å²) in [4.78, 5) is 56.0. The predicted octanol–water partition coefficient (Wildman–Crippen LogP) is 4.41. The minimum absolute atomic E-state index is 0.0844. The molecule has 0 spiro atoms. The normalized spacial score (nSPS) is 16.5. The summed E-state index contributed by atoms with van der Waals surface area (Å²) in [6, 6.07) is 23.8. The van der Waals surface area contributed by atoms with E-state index in [0.717, 1.165) is 24.0 Å². The minimum atomic E-state index is -0.895. The van der Waals surface area contributed by atoms with E-state index >= 15 is 0 Å². The monoisotopic (exact) mass is 597 g/mol. The molecule has 0 saturated carbocycles. The van der Waals surface area contributed by atoms with Crippen molar-refractivity contribution < 1.29 is 23.9 Å². The molecule has 1 heterocycles. The molecule has 1 aliphatic rings. The van der Waals surface area contributed by atoms with Crippen LogP contribution in [0, 0.1) is 5.92 Å². The van der Waals surface area contributed by atoms with Gasteiger partial charge in [0.1, 0.15) is 11.8 Å². The highest BCUT2D eigenvalue weighted by Crippen LogP contribution is 2.20. The summed E-state index contributed by atoms with van der Waals surface area (Å²) in [5, 5.41) is 5.95. The average molecular weight is 598 g/mol. The van der Waals surface area contributed by atoms with E-state index in [4.69, 9.17) is 4.74 Å². The number of hydrogen-bond acceptors (Lipinski definition) is 6. The van der Waals surface area contributed by atoms with Gasteiger partial charge in [-0.25, -0.2) is 0 Å². The number of carbonyl (C=O) groups excluding carboxylic acids is 4. The molecule has 44 heavy (non-hydrogen) atoms. The molecule has 2 N–H and O–H groups in total. The van der Waals surface area contributed by atoms with Crippen LogP contribution in [0.3, 0.4) is 0 Å². The fraction of sp³-hybridized carbons (Fsp3) is 0.389. The number of carbonyl (C=O) groups is 4. The van der Waals surface area contributed by atoms with E-state index in [0.29, 0.717) is 24.3 Å². The number of nitrogens with zero attached hydrogens (tertiary/aromatic N) is 1. The van der Waals surface area contributed by atoms with Crippen LogP contribution in [-0.4, -0.2) is 66.6 Å². The van der Waals surface area contributed by atoms with Crippen LogP contribution < -0.4 is 15.4 Å². The first-order valence-electron chi connectivity index (χ1n) is 15.4. The van der Waals surface area contributed by atoms with E-state index in [1.54, 1.807) is 31.4 Å². The van der Waals surface area contributed by atoms with Gasteiger partial charge in [0.05, 0.1) is 25.7 Å². The second-order valence-electron chi connectivity index (χ2n) is 11.7. The Morgan fingerprint density at radius 1 is 0.864 bits per heavy atom. The Kier molecular flexibility index (Phi) is 11.8. The smallest absolute Gasteiger partial charge is 0.243 e. The molecule has 1 fully saturated rings. The molecule has 1 aliphatic heterocycles. The summed E-state index contributed by atoms with van der Waals surface area (Å²) in [7, 11) is 1.55. The predicted molar refractivity (Wildman–Crippen MR) is 171 cm³/mol. The average Bonchev–Trinajstić information content (AvgIpc) is 3.04. The van der Waals surface area contributed by atoms with Crippen LogP contribution in [-0.2, 0) is 27.2 Å². The number of piperidine rings is 1. The minimum Gasteiger partial charge on any atom is -0.497 e. The lowest BCUT2D eigenvalue weighted by Crippen LogP contribution is -2.58. The number of Topliss-reactive ketones (excluding diaryl/α,β-unsaturated/α-hetero) is 2. The standard InChI is InChI=1S/C36H43N3O5/c1-25(2)34(32(40)22-27-15-8-5-9-16-27)38-35(42)30(21-26-13-6-4-7-14-26)37-36(43)31-19-10-11-20-39(31)24-33(41)28-17-12-18-29(23-28)44-3/h4-9,12-18,23,25,30-31,34H,10-11,19-22,24H2,1-3H3,(H,37,43)(H,38,42)/t30-,31-,34-/m0/s1. The van der Waals surface area contributed by atoms with Crippen LogP contribution in [0.15, 0.2) is 84.9 Å². The number of ether oxygens (including phenoxy) is 1. The first-order valence-corrected chi connectivity index (χ1v) is 15.4. The third-order valence-electron chi connectivity index (χ3n) is 8.10. The van der Waals surface area contributed by atoms with Gasteiger partial charge < -0.3 is 15.4 Å². The van der Waals surface area contributed by atoms with E-state index in [9.17, 15) is 19.2 Å². The molecule has 3 aromatic carbocycles. The van der Waals surface area contributed by atoms with Gasteiger partial charge in [-0.1, -0.05) is 93.1 Å². The number of likely N-dealkylation sites (tertiary alicyclic amines) is 1. The van der Waals surface area contributed by atoms with Crippen LogP contribution in [0.5, 0.6) is 5.75 Å². The van der Waals surface area contributed by atoms with Crippen LogP contribution in [0.25, 0.3) is 0 Å². The van der Waals surface area contributed by atoms with E-state index in [2.05, 4.69) is 10.6 Å². The number of benzene rings is 3. The van der Waals surface area contributed by atoms with Crippen molar-refractivity contribution in [3.63, 3.8) is 0 Å². The maximum absolute atomic E-state index is 13.8. The lowest BCUT2D eigenvalue weighted by molar-refractivity contribution is -0.134. The number of hydrogen-bond donors (Lipinski definition) is 2. The molecular weight excluding hydrogens is 554 g/mol. The van der Waals surface area contributed by atoms with Gasteiger partial charge in [-0.05, 0) is 48.6 Å². The molecule has 0 radical (unpaired) electrons. The van der Waals surface area contributed by atoms with Crippen molar-refractivity contribution in [2.24, 2.45) is 5.92 Å². The third-order valence-corrected chi connectivity index (χ3v) is 8.10. The molecule has 232 valence electrons. The highest BCUT2D eigenvalue weighted by Gasteiger charge is 2.34. The zero-order valence-corrected chi connectivity index (χ0v) is 25.8. The van der Waals surface area contributed by atoms with Crippen molar-refractivity contribution in [3.05, 3.63) is 102 Å². The lowest BCUT2D eigenvalue weighted by Gasteiger charge is -2.35. The quantitative estimate of drug-likeness (QED) is 0.267. The van der Waals surface area contributed by atoms with Crippen LogP contribution in [0.1, 0.15) is 54.6 Å². The van der Waals surface area contributed by atoms with Crippen LogP contribution in [0.4, 0.5) is 0 Å². The fourth-order valence-corrected chi connectivity index (χ4v) is 5.66. The van der Waals surface area contributed by atoms with Gasteiger partial charge in [0.25, 0.3) is 0 Å². The van der Waals surface area contributed by atoms with Crippen LogP contribution in [0.2, 0.25) is 0 Å². The Bertz CT molecular complexity index is 1410. The Hall–Kier alpha value is -4.30. The third kappa shape index (κ3) is 9.10. The zero-order chi connectivity index (χ0) is 31.5. The van der Waals surface area contributed by atoms with Crippen molar-refractivity contribution in [1.29, 1.82) is 0 Å².